The molecular weight excluding hydrogens is 200 g/mol. The van der Waals surface area contributed by atoms with Crippen LogP contribution in [0.15, 0.2) is 11.6 Å². The van der Waals surface area contributed by atoms with E-state index < -0.39 is 17.4 Å². The molecule has 0 aromatic carbocycles. The number of ether oxygens (including phenoxy) is 1. The molecule has 0 saturated heterocycles. The zero-order chi connectivity index (χ0) is 12.1. The second kappa shape index (κ2) is 5.50. The Labute approximate surface area is 88.4 Å². The number of carbonyl (C=O) groups excluding carboxylic acids is 1. The Morgan fingerprint density at radius 3 is 2.20 bits per heavy atom. The van der Waals surface area contributed by atoms with Crippen molar-refractivity contribution in [2.75, 3.05) is 13.2 Å². The third kappa shape index (κ3) is 5.17. The summed E-state index contributed by atoms with van der Waals surface area (Å²) in [5.74, 6) is -1.90. The lowest BCUT2D eigenvalue weighted by molar-refractivity contribution is -0.140. The third-order valence-corrected chi connectivity index (χ3v) is 1.64. The Bertz CT molecular complexity index is 272. The minimum Gasteiger partial charge on any atom is -0.478 e. The molecule has 5 heteroatoms. The maximum absolute atomic E-state index is 11.1. The molecule has 0 aromatic rings. The Hall–Kier alpha value is -1.36. The van der Waals surface area contributed by atoms with Crippen LogP contribution in [-0.4, -0.2) is 35.4 Å². The Morgan fingerprint density at radius 1 is 1.33 bits per heavy atom. The first-order valence-electron chi connectivity index (χ1n) is 4.52. The first kappa shape index (κ1) is 13.6. The number of carboxylic acid groups (broad SMARTS) is 1. The second-order valence-corrected chi connectivity index (χ2v) is 4.00. The lowest BCUT2D eigenvalue weighted by atomic mass is 9.86. The van der Waals surface area contributed by atoms with E-state index in [2.05, 4.69) is 4.74 Å². The predicted octanol–water partition coefficient (Wildman–Crippen LogP) is 0.579. The van der Waals surface area contributed by atoms with Gasteiger partial charge < -0.3 is 14.9 Å². The first-order valence-corrected chi connectivity index (χ1v) is 4.52. The summed E-state index contributed by atoms with van der Waals surface area (Å²) < 4.78 is 4.54. The van der Waals surface area contributed by atoms with Crippen LogP contribution in [0.2, 0.25) is 0 Å². The van der Waals surface area contributed by atoms with Gasteiger partial charge in [-0.25, -0.2) is 9.59 Å². The summed E-state index contributed by atoms with van der Waals surface area (Å²) in [4.78, 5) is 21.9. The van der Waals surface area contributed by atoms with Crippen molar-refractivity contribution in [3.63, 3.8) is 0 Å². The number of aliphatic carboxylic acids is 1. The smallest absolute Gasteiger partial charge is 0.332 e. The molecule has 0 aliphatic carbocycles. The van der Waals surface area contributed by atoms with Crippen molar-refractivity contribution < 1.29 is 24.5 Å². The first-order chi connectivity index (χ1) is 6.79. The Balaban J connectivity index is 4.71. The summed E-state index contributed by atoms with van der Waals surface area (Å²) in [5.41, 5.74) is -0.658. The fraction of sp³-hybridized carbons (Fsp3) is 0.600. The number of aliphatic hydroxyl groups is 1. The summed E-state index contributed by atoms with van der Waals surface area (Å²) in [6, 6.07) is 0. The number of hydrogen-bond acceptors (Lipinski definition) is 4. The zero-order valence-corrected chi connectivity index (χ0v) is 9.11. The SMILES string of the molecule is CC(C)(C)C(=CC(=O)OCCO)C(=O)O. The van der Waals surface area contributed by atoms with Gasteiger partial charge in [-0.3, -0.25) is 0 Å². The Kier molecular flexibility index (Phi) is 5.00. The van der Waals surface area contributed by atoms with Crippen LogP contribution in [0.3, 0.4) is 0 Å². The molecule has 0 aliphatic heterocycles. The molecule has 0 atom stereocenters. The molecule has 0 bridgehead atoms. The summed E-state index contributed by atoms with van der Waals surface area (Å²) in [6.45, 7) is 4.65. The van der Waals surface area contributed by atoms with E-state index in [1.807, 2.05) is 0 Å². The van der Waals surface area contributed by atoms with E-state index >= 15 is 0 Å². The molecular formula is C10H16O5. The van der Waals surface area contributed by atoms with E-state index in [0.717, 1.165) is 6.08 Å². The molecule has 0 saturated carbocycles. The highest BCUT2D eigenvalue weighted by molar-refractivity contribution is 5.96. The standard InChI is InChI=1S/C10H16O5/c1-10(2,3)7(9(13)14)6-8(12)15-5-4-11/h6,11H,4-5H2,1-3H3,(H,13,14). The van der Waals surface area contributed by atoms with Gasteiger partial charge >= 0.3 is 11.9 Å². The lowest BCUT2D eigenvalue weighted by Gasteiger charge is -2.18. The van der Waals surface area contributed by atoms with Crippen molar-refractivity contribution in [2.24, 2.45) is 5.41 Å². The van der Waals surface area contributed by atoms with E-state index in [0.29, 0.717) is 0 Å². The maximum atomic E-state index is 11.1. The van der Waals surface area contributed by atoms with Crippen LogP contribution in [0, 0.1) is 5.41 Å². The summed E-state index contributed by atoms with van der Waals surface area (Å²) in [5, 5.41) is 17.3. The monoisotopic (exact) mass is 216 g/mol. The maximum Gasteiger partial charge on any atom is 0.332 e. The molecule has 0 fully saturated rings. The number of rotatable bonds is 4. The van der Waals surface area contributed by atoms with Gasteiger partial charge in [-0.2, -0.15) is 0 Å². The summed E-state index contributed by atoms with van der Waals surface area (Å²) in [6.07, 6.45) is 0.942. The number of esters is 1. The van der Waals surface area contributed by atoms with Crippen LogP contribution in [0.4, 0.5) is 0 Å². The van der Waals surface area contributed by atoms with E-state index in [4.69, 9.17) is 10.2 Å². The fourth-order valence-corrected chi connectivity index (χ4v) is 0.905. The number of carboxylic acids is 1. The van der Waals surface area contributed by atoms with Crippen LogP contribution in [0.5, 0.6) is 0 Å². The van der Waals surface area contributed by atoms with E-state index in [1.54, 1.807) is 20.8 Å². The van der Waals surface area contributed by atoms with Crippen LogP contribution < -0.4 is 0 Å². The van der Waals surface area contributed by atoms with E-state index in [1.165, 1.54) is 0 Å². The van der Waals surface area contributed by atoms with Gasteiger partial charge in [0, 0.05) is 11.6 Å². The zero-order valence-electron chi connectivity index (χ0n) is 9.11. The molecule has 86 valence electrons. The molecule has 0 rings (SSSR count). The van der Waals surface area contributed by atoms with Gasteiger partial charge in [0.2, 0.25) is 0 Å². The predicted molar refractivity (Wildman–Crippen MR) is 53.2 cm³/mol. The molecule has 0 unspecified atom stereocenters. The number of aliphatic hydroxyl groups excluding tert-OH is 1. The molecule has 0 heterocycles. The van der Waals surface area contributed by atoms with Crippen molar-refractivity contribution in [1.29, 1.82) is 0 Å². The van der Waals surface area contributed by atoms with Crippen molar-refractivity contribution >= 4 is 11.9 Å². The third-order valence-electron chi connectivity index (χ3n) is 1.64. The number of hydrogen-bond donors (Lipinski definition) is 2. The molecule has 0 aliphatic rings. The second-order valence-electron chi connectivity index (χ2n) is 4.00. The van der Waals surface area contributed by atoms with Crippen LogP contribution in [-0.2, 0) is 14.3 Å². The van der Waals surface area contributed by atoms with Crippen LogP contribution in [0.25, 0.3) is 0 Å². The van der Waals surface area contributed by atoms with Crippen molar-refractivity contribution in [1.82, 2.24) is 0 Å². The highest BCUT2D eigenvalue weighted by Gasteiger charge is 2.24. The topological polar surface area (TPSA) is 83.8 Å². The molecule has 5 nitrogen and oxygen atoms in total. The molecule has 0 radical (unpaired) electrons. The fourth-order valence-electron chi connectivity index (χ4n) is 0.905. The van der Waals surface area contributed by atoms with Crippen LogP contribution in [0.1, 0.15) is 20.8 Å². The van der Waals surface area contributed by atoms with Crippen molar-refractivity contribution in [3.8, 4) is 0 Å². The van der Waals surface area contributed by atoms with Gasteiger partial charge in [-0.05, 0) is 5.41 Å². The van der Waals surface area contributed by atoms with Gasteiger partial charge in [0.25, 0.3) is 0 Å². The Morgan fingerprint density at radius 2 is 1.87 bits per heavy atom. The van der Waals surface area contributed by atoms with E-state index in [-0.39, 0.29) is 18.8 Å². The van der Waals surface area contributed by atoms with Gasteiger partial charge in [0.05, 0.1) is 6.61 Å². The average Bonchev–Trinajstić information content (AvgIpc) is 2.08. The minimum atomic E-state index is -1.15. The van der Waals surface area contributed by atoms with Crippen molar-refractivity contribution in [3.05, 3.63) is 11.6 Å². The lowest BCUT2D eigenvalue weighted by Crippen LogP contribution is -2.19. The van der Waals surface area contributed by atoms with E-state index in [9.17, 15) is 9.59 Å². The summed E-state index contributed by atoms with van der Waals surface area (Å²) >= 11 is 0. The van der Waals surface area contributed by atoms with Gasteiger partial charge in [-0.15, -0.1) is 0 Å². The molecule has 0 amide bonds. The highest BCUT2D eigenvalue weighted by Crippen LogP contribution is 2.25. The molecule has 15 heavy (non-hydrogen) atoms. The normalized spacial score (nSPS) is 12.4. The number of carbonyl (C=O) groups is 2. The average molecular weight is 216 g/mol. The van der Waals surface area contributed by atoms with Gasteiger partial charge in [0.1, 0.15) is 6.61 Å². The highest BCUT2D eigenvalue weighted by atomic mass is 16.5. The molecule has 2 N–H and O–H groups in total. The van der Waals surface area contributed by atoms with Gasteiger partial charge in [-0.1, -0.05) is 20.8 Å². The molecule has 0 spiro atoms. The molecule has 0 aromatic heterocycles. The quantitative estimate of drug-likeness (QED) is 0.530. The summed E-state index contributed by atoms with van der Waals surface area (Å²) in [7, 11) is 0. The van der Waals surface area contributed by atoms with Crippen molar-refractivity contribution in [2.45, 2.75) is 20.8 Å². The van der Waals surface area contributed by atoms with Crippen LogP contribution >= 0.6 is 0 Å². The van der Waals surface area contributed by atoms with Gasteiger partial charge in [0.15, 0.2) is 0 Å². The largest absolute Gasteiger partial charge is 0.478 e. The minimum absolute atomic E-state index is 0.0227.